The van der Waals surface area contributed by atoms with Gasteiger partial charge < -0.3 is 15.2 Å². The van der Waals surface area contributed by atoms with E-state index in [1.807, 2.05) is 0 Å². The van der Waals surface area contributed by atoms with Gasteiger partial charge in [-0.25, -0.2) is 0 Å². The zero-order valence-electron chi connectivity index (χ0n) is 11.8. The Morgan fingerprint density at radius 2 is 2.00 bits per heavy atom. The second-order valence-corrected chi connectivity index (χ2v) is 5.45. The first kappa shape index (κ1) is 13.1. The van der Waals surface area contributed by atoms with Crippen LogP contribution >= 0.6 is 0 Å². The van der Waals surface area contributed by atoms with E-state index in [0.29, 0.717) is 12.6 Å². The molecule has 3 heteroatoms. The molecule has 1 heterocycles. The molecule has 0 bridgehead atoms. The molecule has 0 atom stereocenters. The van der Waals surface area contributed by atoms with Crippen molar-refractivity contribution >= 4 is 10.9 Å². The Labute approximate surface area is 109 Å². The normalized spacial score (nSPS) is 11.9. The average molecular weight is 245 g/mol. The van der Waals surface area contributed by atoms with Crippen LogP contribution in [0.4, 0.5) is 0 Å². The summed E-state index contributed by atoms with van der Waals surface area (Å²) in [5.74, 6) is 0. The van der Waals surface area contributed by atoms with Crippen molar-refractivity contribution in [3.05, 3.63) is 35.5 Å². The molecule has 0 unspecified atom stereocenters. The molecule has 0 aliphatic carbocycles. The van der Waals surface area contributed by atoms with Crippen LogP contribution in [0.2, 0.25) is 0 Å². The SMILES string of the molecule is CC(C)n1cc(CN(C)C)c2cc(CN)ccc21. The van der Waals surface area contributed by atoms with E-state index in [1.54, 1.807) is 0 Å². The Bertz CT molecular complexity index is 538. The summed E-state index contributed by atoms with van der Waals surface area (Å²) in [5, 5.41) is 1.33. The molecule has 2 rings (SSSR count). The maximum atomic E-state index is 5.74. The molecule has 98 valence electrons. The molecule has 1 aromatic carbocycles. The molecule has 2 aromatic rings. The van der Waals surface area contributed by atoms with Crippen LogP contribution in [-0.2, 0) is 13.1 Å². The van der Waals surface area contributed by atoms with Crippen molar-refractivity contribution in [3.8, 4) is 0 Å². The summed E-state index contributed by atoms with van der Waals surface area (Å²) >= 11 is 0. The largest absolute Gasteiger partial charge is 0.345 e. The molecule has 0 spiro atoms. The lowest BCUT2D eigenvalue weighted by Gasteiger charge is -2.09. The van der Waals surface area contributed by atoms with Crippen molar-refractivity contribution in [1.82, 2.24) is 9.47 Å². The fourth-order valence-electron chi connectivity index (χ4n) is 2.39. The molecule has 0 aliphatic heterocycles. The van der Waals surface area contributed by atoms with Crippen molar-refractivity contribution < 1.29 is 0 Å². The van der Waals surface area contributed by atoms with E-state index in [4.69, 9.17) is 5.73 Å². The summed E-state index contributed by atoms with van der Waals surface area (Å²) in [4.78, 5) is 2.20. The van der Waals surface area contributed by atoms with E-state index < -0.39 is 0 Å². The van der Waals surface area contributed by atoms with Gasteiger partial charge in [-0.1, -0.05) is 6.07 Å². The Balaban J connectivity index is 2.60. The van der Waals surface area contributed by atoms with E-state index in [0.717, 1.165) is 6.54 Å². The van der Waals surface area contributed by atoms with Gasteiger partial charge in [0.05, 0.1) is 0 Å². The van der Waals surface area contributed by atoms with Crippen molar-refractivity contribution in [1.29, 1.82) is 0 Å². The van der Waals surface area contributed by atoms with Crippen LogP contribution in [0.15, 0.2) is 24.4 Å². The highest BCUT2D eigenvalue weighted by Crippen LogP contribution is 2.26. The van der Waals surface area contributed by atoms with E-state index in [9.17, 15) is 0 Å². The quantitative estimate of drug-likeness (QED) is 0.898. The third-order valence-electron chi connectivity index (χ3n) is 3.26. The van der Waals surface area contributed by atoms with E-state index in [2.05, 4.69) is 61.8 Å². The third-order valence-corrected chi connectivity index (χ3v) is 3.26. The average Bonchev–Trinajstić information content (AvgIpc) is 2.67. The first-order chi connectivity index (χ1) is 8.52. The molecule has 0 amide bonds. The van der Waals surface area contributed by atoms with E-state index >= 15 is 0 Å². The Morgan fingerprint density at radius 1 is 1.28 bits per heavy atom. The summed E-state index contributed by atoms with van der Waals surface area (Å²) in [6.07, 6.45) is 2.27. The second-order valence-electron chi connectivity index (χ2n) is 5.45. The molecule has 18 heavy (non-hydrogen) atoms. The number of aromatic nitrogens is 1. The summed E-state index contributed by atoms with van der Waals surface area (Å²) in [7, 11) is 4.21. The number of hydrogen-bond acceptors (Lipinski definition) is 2. The standard InChI is InChI=1S/C15H23N3/c1-11(2)18-10-13(9-17(3)4)14-7-12(8-16)5-6-15(14)18/h5-7,10-11H,8-9,16H2,1-4H3. The van der Waals surface area contributed by atoms with Crippen LogP contribution in [0.5, 0.6) is 0 Å². The van der Waals surface area contributed by atoms with E-state index in [-0.39, 0.29) is 0 Å². The summed E-state index contributed by atoms with van der Waals surface area (Å²) in [5.41, 5.74) is 9.62. The fraction of sp³-hybridized carbons (Fsp3) is 0.467. The van der Waals surface area contributed by atoms with Crippen LogP contribution in [-0.4, -0.2) is 23.6 Å². The molecule has 0 saturated carbocycles. The van der Waals surface area contributed by atoms with Crippen LogP contribution in [0.1, 0.15) is 31.0 Å². The van der Waals surface area contributed by atoms with Crippen molar-refractivity contribution in [3.63, 3.8) is 0 Å². The molecule has 0 aliphatic rings. The Morgan fingerprint density at radius 3 is 2.56 bits per heavy atom. The summed E-state index contributed by atoms with van der Waals surface area (Å²) in [6.45, 7) is 6.00. The summed E-state index contributed by atoms with van der Waals surface area (Å²) < 4.78 is 2.34. The third kappa shape index (κ3) is 2.42. The van der Waals surface area contributed by atoms with Gasteiger partial charge in [0.25, 0.3) is 0 Å². The first-order valence-electron chi connectivity index (χ1n) is 6.50. The fourth-order valence-corrected chi connectivity index (χ4v) is 2.39. The number of nitrogens with two attached hydrogens (primary N) is 1. The van der Waals surface area contributed by atoms with Crippen molar-refractivity contribution in [2.24, 2.45) is 5.73 Å². The molecule has 1 aromatic heterocycles. The van der Waals surface area contributed by atoms with Crippen LogP contribution in [0.25, 0.3) is 10.9 Å². The Hall–Kier alpha value is -1.32. The van der Waals surface area contributed by atoms with Gasteiger partial charge in [0.15, 0.2) is 0 Å². The molecule has 0 fully saturated rings. The number of fused-ring (bicyclic) bond motifs is 1. The molecular formula is C15H23N3. The maximum absolute atomic E-state index is 5.74. The van der Waals surface area contributed by atoms with Gasteiger partial charge in [0.1, 0.15) is 0 Å². The van der Waals surface area contributed by atoms with Gasteiger partial charge in [-0.3, -0.25) is 0 Å². The molecule has 3 nitrogen and oxygen atoms in total. The maximum Gasteiger partial charge on any atom is 0.0486 e. The lowest BCUT2D eigenvalue weighted by Crippen LogP contribution is -2.10. The number of hydrogen-bond donors (Lipinski definition) is 1. The van der Waals surface area contributed by atoms with Gasteiger partial charge in [-0.15, -0.1) is 0 Å². The van der Waals surface area contributed by atoms with Crippen molar-refractivity contribution in [2.45, 2.75) is 33.0 Å². The monoisotopic (exact) mass is 245 g/mol. The highest BCUT2D eigenvalue weighted by atomic mass is 15.1. The highest BCUT2D eigenvalue weighted by Gasteiger charge is 2.11. The minimum absolute atomic E-state index is 0.479. The minimum atomic E-state index is 0.479. The lowest BCUT2D eigenvalue weighted by atomic mass is 10.1. The topological polar surface area (TPSA) is 34.2 Å². The first-order valence-corrected chi connectivity index (χ1v) is 6.50. The van der Waals surface area contributed by atoms with Crippen molar-refractivity contribution in [2.75, 3.05) is 14.1 Å². The Kier molecular flexibility index (Phi) is 3.73. The smallest absolute Gasteiger partial charge is 0.0486 e. The highest BCUT2D eigenvalue weighted by molar-refractivity contribution is 5.84. The number of benzene rings is 1. The van der Waals surface area contributed by atoms with Gasteiger partial charge in [-0.2, -0.15) is 0 Å². The van der Waals surface area contributed by atoms with Crippen LogP contribution in [0, 0.1) is 0 Å². The van der Waals surface area contributed by atoms with E-state index in [1.165, 1.54) is 22.0 Å². The molecule has 0 radical (unpaired) electrons. The summed E-state index contributed by atoms with van der Waals surface area (Å²) in [6, 6.07) is 7.02. The number of rotatable bonds is 4. The number of nitrogens with zero attached hydrogens (tertiary/aromatic N) is 2. The predicted molar refractivity (Wildman–Crippen MR) is 77.6 cm³/mol. The molecule has 2 N–H and O–H groups in total. The minimum Gasteiger partial charge on any atom is -0.345 e. The van der Waals surface area contributed by atoms with Gasteiger partial charge in [0, 0.05) is 36.2 Å². The van der Waals surface area contributed by atoms with Gasteiger partial charge >= 0.3 is 0 Å². The lowest BCUT2D eigenvalue weighted by molar-refractivity contribution is 0.403. The molecular weight excluding hydrogens is 222 g/mol. The van der Waals surface area contributed by atoms with Gasteiger partial charge in [-0.05, 0) is 51.2 Å². The zero-order chi connectivity index (χ0) is 13.3. The van der Waals surface area contributed by atoms with Gasteiger partial charge in [0.2, 0.25) is 0 Å². The predicted octanol–water partition coefficient (Wildman–Crippen LogP) is 2.74. The molecule has 0 saturated heterocycles. The zero-order valence-corrected chi connectivity index (χ0v) is 11.8. The second kappa shape index (κ2) is 5.12. The van der Waals surface area contributed by atoms with Crippen LogP contribution in [0.3, 0.4) is 0 Å². The van der Waals surface area contributed by atoms with Crippen LogP contribution < -0.4 is 5.73 Å².